The maximum Gasteiger partial charge on any atom is 0.142 e. The molecule has 2 aromatic carbocycles. The van der Waals surface area contributed by atoms with Gasteiger partial charge >= 0.3 is 0 Å². The Morgan fingerprint density at radius 3 is 2.57 bits per heavy atom. The summed E-state index contributed by atoms with van der Waals surface area (Å²) < 4.78 is 13.7. The molecule has 1 N–H and O–H groups in total. The van der Waals surface area contributed by atoms with Gasteiger partial charge in [-0.05, 0) is 49.1 Å². The number of benzene rings is 2. The lowest BCUT2D eigenvalue weighted by Crippen LogP contribution is -2.22. The molecular formula is C18H21ClFN. The van der Waals surface area contributed by atoms with E-state index in [1.54, 1.807) is 12.1 Å². The molecular weight excluding hydrogens is 285 g/mol. The molecule has 21 heavy (non-hydrogen) atoms. The SMILES string of the molecule is CCCNC(CCc1ccccc1)c1ccc(Cl)c(F)c1. The first kappa shape index (κ1) is 16.0. The van der Waals surface area contributed by atoms with Crippen molar-refractivity contribution < 1.29 is 4.39 Å². The highest BCUT2D eigenvalue weighted by molar-refractivity contribution is 6.30. The summed E-state index contributed by atoms with van der Waals surface area (Å²) in [5.41, 5.74) is 2.26. The van der Waals surface area contributed by atoms with E-state index in [1.807, 2.05) is 24.3 Å². The number of hydrogen-bond acceptors (Lipinski definition) is 1. The first-order valence-electron chi connectivity index (χ1n) is 7.43. The molecule has 0 aromatic heterocycles. The van der Waals surface area contributed by atoms with E-state index >= 15 is 0 Å². The highest BCUT2D eigenvalue weighted by Gasteiger charge is 2.12. The molecule has 112 valence electrons. The Balaban J connectivity index is 2.08. The summed E-state index contributed by atoms with van der Waals surface area (Å²) in [5.74, 6) is -0.350. The van der Waals surface area contributed by atoms with E-state index in [0.717, 1.165) is 31.4 Å². The Labute approximate surface area is 131 Å². The molecule has 2 rings (SSSR count). The maximum absolute atomic E-state index is 13.7. The van der Waals surface area contributed by atoms with Crippen molar-refractivity contribution in [3.63, 3.8) is 0 Å². The Morgan fingerprint density at radius 2 is 1.90 bits per heavy atom. The third-order valence-corrected chi connectivity index (χ3v) is 3.86. The van der Waals surface area contributed by atoms with Gasteiger partial charge in [0.2, 0.25) is 0 Å². The van der Waals surface area contributed by atoms with Gasteiger partial charge in [-0.1, -0.05) is 54.9 Å². The molecule has 0 aliphatic carbocycles. The topological polar surface area (TPSA) is 12.0 Å². The third-order valence-electron chi connectivity index (χ3n) is 3.55. The van der Waals surface area contributed by atoms with Gasteiger partial charge in [0.25, 0.3) is 0 Å². The molecule has 1 nitrogen and oxygen atoms in total. The summed E-state index contributed by atoms with van der Waals surface area (Å²) in [5, 5.41) is 3.67. The van der Waals surface area contributed by atoms with E-state index in [2.05, 4.69) is 24.4 Å². The standard InChI is InChI=1S/C18H21ClFN/c1-2-12-21-18(11-8-14-6-4-3-5-7-14)15-9-10-16(19)17(20)13-15/h3-7,9-10,13,18,21H,2,8,11-12H2,1H3. The van der Waals surface area contributed by atoms with E-state index in [4.69, 9.17) is 11.6 Å². The second-order valence-electron chi connectivity index (χ2n) is 5.20. The molecule has 0 amide bonds. The third kappa shape index (κ3) is 4.83. The minimum absolute atomic E-state index is 0.150. The molecule has 0 fully saturated rings. The fourth-order valence-corrected chi connectivity index (χ4v) is 2.51. The van der Waals surface area contributed by atoms with Gasteiger partial charge in [0.15, 0.2) is 0 Å². The van der Waals surface area contributed by atoms with E-state index < -0.39 is 0 Å². The van der Waals surface area contributed by atoms with Crippen LogP contribution >= 0.6 is 11.6 Å². The molecule has 1 atom stereocenters. The Hall–Kier alpha value is -1.38. The van der Waals surface area contributed by atoms with Gasteiger partial charge in [-0.15, -0.1) is 0 Å². The smallest absolute Gasteiger partial charge is 0.142 e. The molecule has 0 aliphatic rings. The van der Waals surface area contributed by atoms with E-state index in [0.29, 0.717) is 0 Å². The van der Waals surface area contributed by atoms with Crippen molar-refractivity contribution >= 4 is 11.6 Å². The highest BCUT2D eigenvalue weighted by atomic mass is 35.5. The lowest BCUT2D eigenvalue weighted by atomic mass is 9.98. The predicted octanol–water partition coefficient (Wildman–Crippen LogP) is 5.15. The minimum atomic E-state index is -0.350. The molecule has 0 radical (unpaired) electrons. The summed E-state index contributed by atoms with van der Waals surface area (Å²) in [6.07, 6.45) is 2.95. The van der Waals surface area contributed by atoms with Gasteiger partial charge < -0.3 is 5.32 Å². The largest absolute Gasteiger partial charge is 0.310 e. The lowest BCUT2D eigenvalue weighted by Gasteiger charge is -2.19. The van der Waals surface area contributed by atoms with Crippen LogP contribution in [-0.2, 0) is 6.42 Å². The van der Waals surface area contributed by atoms with Gasteiger partial charge in [0.05, 0.1) is 5.02 Å². The van der Waals surface area contributed by atoms with Crippen LogP contribution in [-0.4, -0.2) is 6.54 Å². The van der Waals surface area contributed by atoms with Crippen LogP contribution in [0.25, 0.3) is 0 Å². The van der Waals surface area contributed by atoms with Gasteiger partial charge in [-0.2, -0.15) is 0 Å². The summed E-state index contributed by atoms with van der Waals surface area (Å²) in [4.78, 5) is 0. The second-order valence-corrected chi connectivity index (χ2v) is 5.61. The Morgan fingerprint density at radius 1 is 1.14 bits per heavy atom. The summed E-state index contributed by atoms with van der Waals surface area (Å²) in [6, 6.07) is 15.6. The number of halogens is 2. The molecule has 0 saturated heterocycles. The van der Waals surface area contributed by atoms with Crippen LogP contribution in [0, 0.1) is 5.82 Å². The van der Waals surface area contributed by atoms with Crippen LogP contribution in [0.2, 0.25) is 5.02 Å². The number of hydrogen-bond donors (Lipinski definition) is 1. The van der Waals surface area contributed by atoms with E-state index in [9.17, 15) is 4.39 Å². The van der Waals surface area contributed by atoms with Crippen molar-refractivity contribution in [3.8, 4) is 0 Å². The Bertz CT molecular complexity index is 556. The number of aryl methyl sites for hydroxylation is 1. The van der Waals surface area contributed by atoms with Crippen LogP contribution in [0.3, 0.4) is 0 Å². The molecule has 1 unspecified atom stereocenters. The van der Waals surface area contributed by atoms with Crippen LogP contribution in [0.1, 0.15) is 36.9 Å². The fraction of sp³-hybridized carbons (Fsp3) is 0.333. The molecule has 0 saturated carbocycles. The van der Waals surface area contributed by atoms with Gasteiger partial charge in [0, 0.05) is 6.04 Å². The van der Waals surface area contributed by atoms with Crippen molar-refractivity contribution in [1.82, 2.24) is 5.32 Å². The lowest BCUT2D eigenvalue weighted by molar-refractivity contribution is 0.496. The van der Waals surface area contributed by atoms with E-state index in [1.165, 1.54) is 5.56 Å². The van der Waals surface area contributed by atoms with Crippen molar-refractivity contribution in [2.24, 2.45) is 0 Å². The molecule has 0 spiro atoms. The van der Waals surface area contributed by atoms with Gasteiger partial charge in [-0.3, -0.25) is 0 Å². The second kappa shape index (κ2) is 8.16. The van der Waals surface area contributed by atoms with Crippen molar-refractivity contribution in [2.45, 2.75) is 32.2 Å². The van der Waals surface area contributed by atoms with Gasteiger partial charge in [0.1, 0.15) is 5.82 Å². The monoisotopic (exact) mass is 305 g/mol. The first-order valence-corrected chi connectivity index (χ1v) is 7.80. The quantitative estimate of drug-likeness (QED) is 0.745. The molecule has 3 heteroatoms. The normalized spacial score (nSPS) is 12.3. The molecule has 2 aromatic rings. The minimum Gasteiger partial charge on any atom is -0.310 e. The van der Waals surface area contributed by atoms with Crippen LogP contribution in [0.5, 0.6) is 0 Å². The van der Waals surface area contributed by atoms with Crippen LogP contribution in [0.4, 0.5) is 4.39 Å². The average Bonchev–Trinajstić information content (AvgIpc) is 2.51. The molecule has 0 heterocycles. The average molecular weight is 306 g/mol. The summed E-state index contributed by atoms with van der Waals surface area (Å²) in [7, 11) is 0. The number of rotatable bonds is 7. The maximum atomic E-state index is 13.7. The van der Waals surface area contributed by atoms with Crippen molar-refractivity contribution in [1.29, 1.82) is 0 Å². The fourth-order valence-electron chi connectivity index (χ4n) is 2.39. The predicted molar refractivity (Wildman–Crippen MR) is 87.2 cm³/mol. The highest BCUT2D eigenvalue weighted by Crippen LogP contribution is 2.23. The summed E-state index contributed by atoms with van der Waals surface area (Å²) >= 11 is 5.77. The zero-order chi connectivity index (χ0) is 15.1. The van der Waals surface area contributed by atoms with Gasteiger partial charge in [-0.25, -0.2) is 4.39 Å². The van der Waals surface area contributed by atoms with Crippen molar-refractivity contribution in [3.05, 3.63) is 70.5 Å². The Kier molecular flexibility index (Phi) is 6.21. The van der Waals surface area contributed by atoms with Crippen LogP contribution in [0.15, 0.2) is 48.5 Å². The van der Waals surface area contributed by atoms with E-state index in [-0.39, 0.29) is 16.9 Å². The molecule has 0 bridgehead atoms. The van der Waals surface area contributed by atoms with Crippen molar-refractivity contribution in [2.75, 3.05) is 6.54 Å². The number of nitrogens with one attached hydrogen (secondary N) is 1. The zero-order valence-electron chi connectivity index (χ0n) is 12.3. The first-order chi connectivity index (χ1) is 10.2. The molecule has 0 aliphatic heterocycles. The summed E-state index contributed by atoms with van der Waals surface area (Å²) in [6.45, 7) is 3.05. The zero-order valence-corrected chi connectivity index (χ0v) is 13.0. The van der Waals surface area contributed by atoms with Crippen LogP contribution < -0.4 is 5.32 Å².